The Morgan fingerprint density at radius 1 is 1.16 bits per heavy atom. The van der Waals surface area contributed by atoms with Gasteiger partial charge in [0.2, 0.25) is 0 Å². The fourth-order valence-electron chi connectivity index (χ4n) is 2.06. The Hall–Kier alpha value is -1.61. The molecule has 0 saturated heterocycles. The van der Waals surface area contributed by atoms with Crippen LogP contribution in [0.4, 0.5) is 0 Å². The summed E-state index contributed by atoms with van der Waals surface area (Å²) < 4.78 is 5.17. The molecule has 0 N–H and O–H groups in total. The summed E-state index contributed by atoms with van der Waals surface area (Å²) in [6, 6.07) is 7.87. The van der Waals surface area contributed by atoms with E-state index >= 15 is 0 Å². The Bertz CT molecular complexity index is 606. The summed E-state index contributed by atoms with van der Waals surface area (Å²) in [6.45, 7) is 1.96. The Morgan fingerprint density at radius 2 is 1.84 bits per heavy atom. The first-order valence-corrected chi connectivity index (χ1v) is 6.75. The van der Waals surface area contributed by atoms with E-state index in [4.69, 9.17) is 16.3 Å². The first-order chi connectivity index (χ1) is 9.19. The van der Waals surface area contributed by atoms with Gasteiger partial charge in [-0.1, -0.05) is 11.6 Å². The molecule has 98 valence electrons. The highest BCUT2D eigenvalue weighted by atomic mass is 35.5. The minimum Gasteiger partial charge on any atom is -0.497 e. The van der Waals surface area contributed by atoms with Crippen LogP contribution in [0.5, 0.6) is 5.75 Å². The van der Waals surface area contributed by atoms with Crippen LogP contribution in [0, 0.1) is 6.92 Å². The predicted octanol–water partition coefficient (Wildman–Crippen LogP) is 3.99. The van der Waals surface area contributed by atoms with E-state index in [1.54, 1.807) is 7.11 Å². The van der Waals surface area contributed by atoms with Gasteiger partial charge in [0.05, 0.1) is 12.8 Å². The van der Waals surface area contributed by atoms with Crippen LogP contribution in [0.3, 0.4) is 0 Å². The number of aromatic nitrogens is 2. The Balaban J connectivity index is 2.06. The number of rotatable bonds is 3. The molecule has 1 fully saturated rings. The van der Waals surface area contributed by atoms with Gasteiger partial charge >= 0.3 is 0 Å². The second kappa shape index (κ2) is 4.82. The maximum Gasteiger partial charge on any atom is 0.136 e. The maximum absolute atomic E-state index is 6.22. The van der Waals surface area contributed by atoms with Gasteiger partial charge in [0.25, 0.3) is 0 Å². The fraction of sp³-hybridized carbons (Fsp3) is 0.333. The molecule has 0 atom stereocenters. The molecule has 3 nitrogen and oxygen atoms in total. The zero-order valence-electron chi connectivity index (χ0n) is 11.0. The first-order valence-electron chi connectivity index (χ1n) is 6.37. The largest absolute Gasteiger partial charge is 0.497 e. The van der Waals surface area contributed by atoms with Gasteiger partial charge in [-0.25, -0.2) is 9.97 Å². The van der Waals surface area contributed by atoms with Gasteiger partial charge in [0.1, 0.15) is 16.7 Å². The summed E-state index contributed by atoms with van der Waals surface area (Å²) in [5.74, 6) is 2.21. The average Bonchev–Trinajstić information content (AvgIpc) is 3.26. The molecule has 0 unspecified atom stereocenters. The predicted molar refractivity (Wildman–Crippen MR) is 75.7 cm³/mol. The van der Waals surface area contributed by atoms with Crippen molar-refractivity contribution < 1.29 is 4.74 Å². The van der Waals surface area contributed by atoms with E-state index in [9.17, 15) is 0 Å². The molecular formula is C15H15ClN2O. The second-order valence-electron chi connectivity index (χ2n) is 4.85. The Kier molecular flexibility index (Phi) is 3.15. The van der Waals surface area contributed by atoms with Crippen molar-refractivity contribution in [3.63, 3.8) is 0 Å². The van der Waals surface area contributed by atoms with Gasteiger partial charge in [-0.2, -0.15) is 0 Å². The minimum atomic E-state index is 0.495. The number of methoxy groups -OCH3 is 1. The average molecular weight is 275 g/mol. The topological polar surface area (TPSA) is 35.0 Å². The van der Waals surface area contributed by atoms with Crippen LogP contribution in [0.15, 0.2) is 24.3 Å². The molecule has 0 spiro atoms. The third kappa shape index (κ3) is 2.43. The van der Waals surface area contributed by atoms with Crippen molar-refractivity contribution in [1.29, 1.82) is 0 Å². The summed E-state index contributed by atoms with van der Waals surface area (Å²) in [6.07, 6.45) is 2.34. The maximum atomic E-state index is 6.22. The van der Waals surface area contributed by atoms with Gasteiger partial charge in [-0.3, -0.25) is 0 Å². The van der Waals surface area contributed by atoms with Crippen molar-refractivity contribution in [2.45, 2.75) is 25.7 Å². The van der Waals surface area contributed by atoms with Crippen LogP contribution in [0.2, 0.25) is 5.15 Å². The van der Waals surface area contributed by atoms with E-state index in [2.05, 4.69) is 9.97 Å². The van der Waals surface area contributed by atoms with E-state index in [0.717, 1.165) is 28.4 Å². The summed E-state index contributed by atoms with van der Waals surface area (Å²) in [5, 5.41) is 0.558. The molecule has 0 radical (unpaired) electrons. The van der Waals surface area contributed by atoms with Crippen molar-refractivity contribution in [3.8, 4) is 17.0 Å². The molecule has 1 aromatic heterocycles. The number of nitrogens with zero attached hydrogens (tertiary/aromatic N) is 2. The molecule has 3 rings (SSSR count). The normalized spacial score (nSPS) is 14.5. The van der Waals surface area contributed by atoms with Crippen LogP contribution in [-0.4, -0.2) is 17.1 Å². The third-order valence-corrected chi connectivity index (χ3v) is 3.78. The lowest BCUT2D eigenvalue weighted by atomic mass is 10.1. The van der Waals surface area contributed by atoms with E-state index in [0.29, 0.717) is 11.1 Å². The molecule has 1 saturated carbocycles. The summed E-state index contributed by atoms with van der Waals surface area (Å²) in [5.41, 5.74) is 2.89. The molecule has 19 heavy (non-hydrogen) atoms. The second-order valence-corrected chi connectivity index (χ2v) is 5.21. The lowest BCUT2D eigenvalue weighted by molar-refractivity contribution is 0.415. The molecule has 0 amide bonds. The SMILES string of the molecule is COc1ccc(-c2nc(C3CC3)nc(Cl)c2C)cc1. The van der Waals surface area contributed by atoms with Crippen molar-refractivity contribution in [1.82, 2.24) is 9.97 Å². The number of benzene rings is 1. The van der Waals surface area contributed by atoms with Crippen molar-refractivity contribution in [2.75, 3.05) is 7.11 Å². The van der Waals surface area contributed by atoms with Crippen LogP contribution in [-0.2, 0) is 0 Å². The number of halogens is 1. The van der Waals surface area contributed by atoms with E-state index < -0.39 is 0 Å². The molecule has 4 heteroatoms. The van der Waals surface area contributed by atoms with Gasteiger partial charge in [0.15, 0.2) is 0 Å². The highest BCUT2D eigenvalue weighted by Crippen LogP contribution is 2.40. The zero-order valence-corrected chi connectivity index (χ0v) is 11.7. The lowest BCUT2D eigenvalue weighted by Gasteiger charge is -2.09. The van der Waals surface area contributed by atoms with Gasteiger partial charge in [-0.05, 0) is 44.0 Å². The fourth-order valence-corrected chi connectivity index (χ4v) is 2.24. The summed E-state index contributed by atoms with van der Waals surface area (Å²) >= 11 is 6.22. The van der Waals surface area contributed by atoms with Gasteiger partial charge in [-0.15, -0.1) is 0 Å². The molecule has 1 heterocycles. The Morgan fingerprint density at radius 3 is 2.42 bits per heavy atom. The van der Waals surface area contributed by atoms with Gasteiger partial charge in [0, 0.05) is 17.0 Å². The molecule has 1 aliphatic carbocycles. The first kappa shape index (κ1) is 12.4. The highest BCUT2D eigenvalue weighted by molar-refractivity contribution is 6.30. The standard InChI is InChI=1S/C15H15ClN2O/c1-9-13(10-5-7-12(19-2)8-6-10)17-15(11-3-4-11)18-14(9)16/h5-8,11H,3-4H2,1-2H3. The van der Waals surface area contributed by atoms with E-state index in [1.165, 1.54) is 12.8 Å². The molecule has 2 aromatic rings. The molecular weight excluding hydrogens is 260 g/mol. The molecule has 1 aromatic carbocycles. The van der Waals surface area contributed by atoms with E-state index in [1.807, 2.05) is 31.2 Å². The summed E-state index contributed by atoms with van der Waals surface area (Å²) in [7, 11) is 1.66. The quantitative estimate of drug-likeness (QED) is 0.794. The van der Waals surface area contributed by atoms with Crippen LogP contribution in [0.25, 0.3) is 11.3 Å². The highest BCUT2D eigenvalue weighted by Gasteiger charge is 2.28. The van der Waals surface area contributed by atoms with Crippen molar-refractivity contribution in [2.24, 2.45) is 0 Å². The zero-order chi connectivity index (χ0) is 13.4. The molecule has 0 aliphatic heterocycles. The smallest absolute Gasteiger partial charge is 0.136 e. The van der Waals surface area contributed by atoms with Crippen LogP contribution < -0.4 is 4.74 Å². The van der Waals surface area contributed by atoms with Gasteiger partial charge < -0.3 is 4.74 Å². The third-order valence-electron chi connectivity index (χ3n) is 3.41. The molecule has 1 aliphatic rings. The van der Waals surface area contributed by atoms with Crippen molar-refractivity contribution >= 4 is 11.6 Å². The number of ether oxygens (including phenoxy) is 1. The van der Waals surface area contributed by atoms with E-state index in [-0.39, 0.29) is 0 Å². The van der Waals surface area contributed by atoms with Crippen LogP contribution >= 0.6 is 11.6 Å². The number of hydrogen-bond acceptors (Lipinski definition) is 3. The minimum absolute atomic E-state index is 0.495. The Labute approximate surface area is 117 Å². The molecule has 0 bridgehead atoms. The number of hydrogen-bond donors (Lipinski definition) is 0. The van der Waals surface area contributed by atoms with Crippen LogP contribution in [0.1, 0.15) is 30.1 Å². The monoisotopic (exact) mass is 274 g/mol. The summed E-state index contributed by atoms with van der Waals surface area (Å²) in [4.78, 5) is 9.07. The lowest BCUT2D eigenvalue weighted by Crippen LogP contribution is -1.99. The van der Waals surface area contributed by atoms with Crippen molar-refractivity contribution in [3.05, 3.63) is 40.8 Å².